The second-order valence-electron chi connectivity index (χ2n) is 6.46. The average molecular weight is 264 g/mol. The molecule has 1 saturated heterocycles. The second kappa shape index (κ2) is 7.44. The minimum Gasteiger partial charge on any atom is -0.311 e. The van der Waals surface area contributed by atoms with Crippen molar-refractivity contribution in [2.45, 2.75) is 71.4 Å². The van der Waals surface area contributed by atoms with Crippen molar-refractivity contribution in [3.05, 3.63) is 11.6 Å². The van der Waals surface area contributed by atoms with Gasteiger partial charge in [0, 0.05) is 31.7 Å². The minimum atomic E-state index is 0.699. The highest BCUT2D eigenvalue weighted by Crippen LogP contribution is 2.23. The zero-order valence-corrected chi connectivity index (χ0v) is 13.1. The van der Waals surface area contributed by atoms with E-state index in [9.17, 15) is 0 Å². The first-order valence-electron chi connectivity index (χ1n) is 8.39. The van der Waals surface area contributed by atoms with Gasteiger partial charge < -0.3 is 5.32 Å². The van der Waals surface area contributed by atoms with Crippen molar-refractivity contribution in [2.75, 3.05) is 19.6 Å². The highest BCUT2D eigenvalue weighted by molar-refractivity contribution is 5.08. The Morgan fingerprint density at radius 3 is 2.89 bits per heavy atom. The van der Waals surface area contributed by atoms with E-state index in [4.69, 9.17) is 0 Å². The van der Waals surface area contributed by atoms with Crippen molar-refractivity contribution >= 4 is 0 Å². The fourth-order valence-corrected chi connectivity index (χ4v) is 3.48. The summed E-state index contributed by atoms with van der Waals surface area (Å²) in [7, 11) is 0. The van der Waals surface area contributed by atoms with E-state index in [-0.39, 0.29) is 0 Å². The number of rotatable bonds is 6. The van der Waals surface area contributed by atoms with Crippen LogP contribution in [0.15, 0.2) is 11.6 Å². The fraction of sp³-hybridized carbons (Fsp3) is 0.882. The molecule has 0 radical (unpaired) electrons. The van der Waals surface area contributed by atoms with E-state index in [2.05, 4.69) is 37.1 Å². The van der Waals surface area contributed by atoms with Crippen LogP contribution in [-0.4, -0.2) is 36.6 Å². The van der Waals surface area contributed by atoms with Gasteiger partial charge in [0.15, 0.2) is 0 Å². The predicted molar refractivity (Wildman–Crippen MR) is 83.4 cm³/mol. The summed E-state index contributed by atoms with van der Waals surface area (Å²) in [4.78, 5) is 2.76. The topological polar surface area (TPSA) is 15.3 Å². The molecular formula is C17H32N2. The van der Waals surface area contributed by atoms with Crippen molar-refractivity contribution in [3.63, 3.8) is 0 Å². The summed E-state index contributed by atoms with van der Waals surface area (Å²) >= 11 is 0. The molecule has 0 saturated carbocycles. The minimum absolute atomic E-state index is 0.699. The lowest BCUT2D eigenvalue weighted by molar-refractivity contribution is 0.107. The monoisotopic (exact) mass is 264 g/mol. The first kappa shape index (κ1) is 15.1. The van der Waals surface area contributed by atoms with Gasteiger partial charge in [0.25, 0.3) is 0 Å². The summed E-state index contributed by atoms with van der Waals surface area (Å²) in [5.41, 5.74) is 1.72. The van der Waals surface area contributed by atoms with Crippen LogP contribution >= 0.6 is 0 Å². The van der Waals surface area contributed by atoms with Crippen LogP contribution in [0, 0.1) is 5.92 Å². The maximum Gasteiger partial charge on any atom is 0.0221 e. The Balaban J connectivity index is 1.86. The van der Waals surface area contributed by atoms with Gasteiger partial charge in [0.05, 0.1) is 0 Å². The Morgan fingerprint density at radius 1 is 1.42 bits per heavy atom. The van der Waals surface area contributed by atoms with E-state index in [1.54, 1.807) is 5.57 Å². The summed E-state index contributed by atoms with van der Waals surface area (Å²) in [6.07, 6.45) is 10.4. The lowest BCUT2D eigenvalue weighted by atomic mass is 9.94. The third kappa shape index (κ3) is 4.06. The molecule has 110 valence electrons. The SMILES string of the molecule is CCC(C)C1CN(CCC2=CCCC2)C(CC)CN1. The van der Waals surface area contributed by atoms with Crippen LogP contribution in [-0.2, 0) is 0 Å². The lowest BCUT2D eigenvalue weighted by Crippen LogP contribution is -2.58. The van der Waals surface area contributed by atoms with E-state index in [0.717, 1.165) is 12.0 Å². The van der Waals surface area contributed by atoms with Gasteiger partial charge >= 0.3 is 0 Å². The Labute approximate surface area is 119 Å². The van der Waals surface area contributed by atoms with Gasteiger partial charge in [0.1, 0.15) is 0 Å². The maximum atomic E-state index is 3.77. The van der Waals surface area contributed by atoms with Gasteiger partial charge in [-0.25, -0.2) is 0 Å². The van der Waals surface area contributed by atoms with E-state index in [1.807, 2.05) is 0 Å². The van der Waals surface area contributed by atoms with Crippen molar-refractivity contribution in [3.8, 4) is 0 Å². The van der Waals surface area contributed by atoms with Crippen molar-refractivity contribution < 1.29 is 0 Å². The molecule has 1 N–H and O–H groups in total. The summed E-state index contributed by atoms with van der Waals surface area (Å²) in [6, 6.07) is 1.45. The number of nitrogens with one attached hydrogen (secondary N) is 1. The molecule has 19 heavy (non-hydrogen) atoms. The van der Waals surface area contributed by atoms with Crippen LogP contribution in [0.4, 0.5) is 0 Å². The molecule has 1 heterocycles. The zero-order valence-electron chi connectivity index (χ0n) is 13.1. The smallest absolute Gasteiger partial charge is 0.0221 e. The van der Waals surface area contributed by atoms with Gasteiger partial charge in [-0.05, 0) is 38.0 Å². The highest BCUT2D eigenvalue weighted by Gasteiger charge is 2.28. The first-order chi connectivity index (χ1) is 9.24. The van der Waals surface area contributed by atoms with Crippen LogP contribution in [0.25, 0.3) is 0 Å². The number of nitrogens with zero attached hydrogens (tertiary/aromatic N) is 1. The molecule has 1 aliphatic heterocycles. The molecule has 1 aliphatic carbocycles. The summed E-state index contributed by atoms with van der Waals surface area (Å²) in [6.45, 7) is 10.7. The van der Waals surface area contributed by atoms with Gasteiger partial charge in [-0.15, -0.1) is 0 Å². The van der Waals surface area contributed by atoms with Crippen molar-refractivity contribution in [1.29, 1.82) is 0 Å². The quantitative estimate of drug-likeness (QED) is 0.738. The summed E-state index contributed by atoms with van der Waals surface area (Å²) in [5, 5.41) is 3.77. The molecule has 0 amide bonds. The molecular weight excluding hydrogens is 232 g/mol. The van der Waals surface area contributed by atoms with E-state index >= 15 is 0 Å². The third-order valence-electron chi connectivity index (χ3n) is 5.22. The van der Waals surface area contributed by atoms with E-state index in [1.165, 1.54) is 58.2 Å². The molecule has 0 aromatic rings. The molecule has 2 nitrogen and oxygen atoms in total. The Kier molecular flexibility index (Phi) is 5.90. The first-order valence-corrected chi connectivity index (χ1v) is 8.39. The highest BCUT2D eigenvalue weighted by atomic mass is 15.2. The van der Waals surface area contributed by atoms with Crippen LogP contribution in [0.5, 0.6) is 0 Å². The molecule has 3 unspecified atom stereocenters. The standard InChI is InChI=1S/C17H32N2/c1-4-14(3)17-13-19(16(5-2)12-18-17)11-10-15-8-6-7-9-15/h8,14,16-18H,4-7,9-13H2,1-3H3. The summed E-state index contributed by atoms with van der Waals surface area (Å²) < 4.78 is 0. The average Bonchev–Trinajstić information content (AvgIpc) is 2.97. The fourth-order valence-electron chi connectivity index (χ4n) is 3.48. The van der Waals surface area contributed by atoms with Crippen LogP contribution in [0.3, 0.4) is 0 Å². The predicted octanol–water partition coefficient (Wildman–Crippen LogP) is 3.59. The largest absolute Gasteiger partial charge is 0.311 e. The number of hydrogen-bond acceptors (Lipinski definition) is 2. The molecule has 0 aromatic carbocycles. The van der Waals surface area contributed by atoms with E-state index in [0.29, 0.717) is 6.04 Å². The second-order valence-corrected chi connectivity index (χ2v) is 6.46. The van der Waals surface area contributed by atoms with Gasteiger partial charge in [-0.1, -0.05) is 38.8 Å². The third-order valence-corrected chi connectivity index (χ3v) is 5.22. The Morgan fingerprint density at radius 2 is 2.26 bits per heavy atom. The number of piperazine rings is 1. The lowest BCUT2D eigenvalue weighted by Gasteiger charge is -2.42. The van der Waals surface area contributed by atoms with Gasteiger partial charge in [-0.3, -0.25) is 4.90 Å². The molecule has 2 rings (SSSR count). The molecule has 2 heteroatoms. The molecule has 1 fully saturated rings. The van der Waals surface area contributed by atoms with Gasteiger partial charge in [0.2, 0.25) is 0 Å². The molecule has 0 spiro atoms. The Bertz CT molecular complexity index is 298. The van der Waals surface area contributed by atoms with Crippen molar-refractivity contribution in [1.82, 2.24) is 10.2 Å². The molecule has 0 aromatic heterocycles. The number of hydrogen-bond donors (Lipinski definition) is 1. The molecule has 0 bridgehead atoms. The summed E-state index contributed by atoms with van der Waals surface area (Å²) in [5.74, 6) is 0.797. The van der Waals surface area contributed by atoms with Crippen LogP contribution < -0.4 is 5.32 Å². The van der Waals surface area contributed by atoms with Crippen LogP contribution in [0.2, 0.25) is 0 Å². The maximum absolute atomic E-state index is 3.77. The number of allylic oxidation sites excluding steroid dienone is 1. The zero-order chi connectivity index (χ0) is 13.7. The Hall–Kier alpha value is -0.340. The molecule has 3 atom stereocenters. The van der Waals surface area contributed by atoms with E-state index < -0.39 is 0 Å². The molecule has 2 aliphatic rings. The van der Waals surface area contributed by atoms with Gasteiger partial charge in [-0.2, -0.15) is 0 Å². The van der Waals surface area contributed by atoms with Crippen molar-refractivity contribution in [2.24, 2.45) is 5.92 Å². The normalized spacial score (nSPS) is 30.4. The van der Waals surface area contributed by atoms with Crippen LogP contribution in [0.1, 0.15) is 59.3 Å².